The predicted molar refractivity (Wildman–Crippen MR) is 65.2 cm³/mol. The molecule has 0 N–H and O–H groups in total. The van der Waals surface area contributed by atoms with Crippen LogP contribution in [0.15, 0.2) is 0 Å². The highest BCUT2D eigenvalue weighted by molar-refractivity contribution is 5.81. The zero-order chi connectivity index (χ0) is 14.3. The third-order valence-corrected chi connectivity index (χ3v) is 2.05. The first-order valence-electron chi connectivity index (χ1n) is 6.21. The number of hydrogen-bond donors (Lipinski definition) is 0. The first-order chi connectivity index (χ1) is 9.20. The van der Waals surface area contributed by atoms with E-state index in [0.29, 0.717) is 25.9 Å². The van der Waals surface area contributed by atoms with Crippen LogP contribution >= 0.6 is 0 Å². The molecule has 0 unspecified atom stereocenters. The normalized spacial score (nSPS) is 10.6. The lowest BCUT2D eigenvalue weighted by atomic mass is 10.2. The van der Waals surface area contributed by atoms with E-state index in [1.165, 1.54) is 7.11 Å². The summed E-state index contributed by atoms with van der Waals surface area (Å²) in [7, 11) is 1.41. The van der Waals surface area contributed by atoms with Gasteiger partial charge in [-0.1, -0.05) is 6.92 Å². The van der Waals surface area contributed by atoms with Crippen molar-refractivity contribution < 1.29 is 33.9 Å². The van der Waals surface area contributed by atoms with Gasteiger partial charge in [-0.25, -0.2) is 19.6 Å². The van der Waals surface area contributed by atoms with Crippen molar-refractivity contribution in [3.8, 4) is 0 Å². The number of ketones is 2. The maximum Gasteiger partial charge on any atom is 0.158 e. The van der Waals surface area contributed by atoms with E-state index in [9.17, 15) is 9.59 Å². The topological polar surface area (TPSA) is 80.3 Å². The molecule has 19 heavy (non-hydrogen) atoms. The van der Waals surface area contributed by atoms with E-state index in [-0.39, 0.29) is 38.0 Å². The van der Waals surface area contributed by atoms with Gasteiger partial charge in [-0.15, -0.1) is 0 Å². The summed E-state index contributed by atoms with van der Waals surface area (Å²) >= 11 is 0. The van der Waals surface area contributed by atoms with Gasteiger partial charge in [0.05, 0.1) is 13.7 Å². The monoisotopic (exact) mass is 278 g/mol. The Bertz CT molecular complexity index is 242. The summed E-state index contributed by atoms with van der Waals surface area (Å²) in [6, 6.07) is 0. The molecule has 0 saturated heterocycles. The molecule has 0 aliphatic heterocycles. The molecule has 0 amide bonds. The van der Waals surface area contributed by atoms with Crippen molar-refractivity contribution in [2.24, 2.45) is 0 Å². The predicted octanol–water partition coefficient (Wildman–Crippen LogP) is 0.858. The average Bonchev–Trinajstić information content (AvgIpc) is 2.41. The van der Waals surface area contributed by atoms with Crippen molar-refractivity contribution in [2.45, 2.75) is 26.2 Å². The van der Waals surface area contributed by atoms with Crippen LogP contribution in [0.1, 0.15) is 26.2 Å². The molecule has 0 spiro atoms. The van der Waals surface area contributed by atoms with Crippen molar-refractivity contribution in [1.82, 2.24) is 0 Å². The van der Waals surface area contributed by atoms with Crippen molar-refractivity contribution in [3.05, 3.63) is 0 Å². The molecule has 7 nitrogen and oxygen atoms in total. The maximum absolute atomic E-state index is 11.3. The van der Waals surface area contributed by atoms with E-state index < -0.39 is 0 Å². The highest BCUT2D eigenvalue weighted by Gasteiger charge is 2.04. The minimum absolute atomic E-state index is 0.00134. The molecule has 7 heteroatoms. The molecule has 0 aromatic carbocycles. The summed E-state index contributed by atoms with van der Waals surface area (Å²) in [4.78, 5) is 40.7. The van der Waals surface area contributed by atoms with Crippen LogP contribution in [0.2, 0.25) is 0 Å². The second-order valence-electron chi connectivity index (χ2n) is 3.66. The standard InChI is InChI=1S/C12H22O7/c1-3-11(13)9-16-10-12(14)5-4-6-18-19-8-7-17-15-2/h3-10H2,1-2H3. The number of ether oxygens (including phenoxy) is 1. The summed E-state index contributed by atoms with van der Waals surface area (Å²) in [5.74, 6) is -0.0713. The molecule has 0 bridgehead atoms. The van der Waals surface area contributed by atoms with Crippen LogP contribution in [-0.4, -0.2) is 51.7 Å². The highest BCUT2D eigenvalue weighted by atomic mass is 17.2. The van der Waals surface area contributed by atoms with E-state index in [4.69, 9.17) is 14.5 Å². The fourth-order valence-corrected chi connectivity index (χ4v) is 1.05. The number of Topliss-reactive ketones (excluding diaryl/α,β-unsaturated/α-hetero) is 2. The van der Waals surface area contributed by atoms with Gasteiger partial charge in [0.2, 0.25) is 0 Å². The first-order valence-corrected chi connectivity index (χ1v) is 6.21. The first kappa shape index (κ1) is 18.1. The summed E-state index contributed by atoms with van der Waals surface area (Å²) < 4.78 is 4.97. The Morgan fingerprint density at radius 3 is 2.21 bits per heavy atom. The molecular formula is C12H22O7. The van der Waals surface area contributed by atoms with Gasteiger partial charge < -0.3 is 4.74 Å². The van der Waals surface area contributed by atoms with Gasteiger partial charge in [0, 0.05) is 12.8 Å². The molecular weight excluding hydrogens is 256 g/mol. The smallest absolute Gasteiger partial charge is 0.158 e. The van der Waals surface area contributed by atoms with Gasteiger partial charge in [0.25, 0.3) is 0 Å². The molecule has 0 fully saturated rings. The van der Waals surface area contributed by atoms with E-state index in [1.807, 2.05) is 0 Å². The Kier molecular flexibility index (Phi) is 13.0. The van der Waals surface area contributed by atoms with Crippen molar-refractivity contribution in [3.63, 3.8) is 0 Å². The lowest BCUT2D eigenvalue weighted by molar-refractivity contribution is -0.332. The Hall–Kier alpha value is -0.860. The van der Waals surface area contributed by atoms with Gasteiger partial charge in [-0.05, 0) is 6.42 Å². The van der Waals surface area contributed by atoms with E-state index in [2.05, 4.69) is 9.78 Å². The van der Waals surface area contributed by atoms with E-state index >= 15 is 0 Å². The number of rotatable bonds is 14. The van der Waals surface area contributed by atoms with Crippen LogP contribution in [0, 0.1) is 0 Å². The molecule has 0 radical (unpaired) electrons. The number of carbonyl (C=O) groups is 2. The largest absolute Gasteiger partial charge is 0.366 e. The van der Waals surface area contributed by atoms with Crippen LogP contribution in [0.3, 0.4) is 0 Å². The van der Waals surface area contributed by atoms with Crippen LogP contribution in [0.4, 0.5) is 0 Å². The molecule has 0 atom stereocenters. The minimum Gasteiger partial charge on any atom is -0.366 e. The molecule has 0 aliphatic rings. The third kappa shape index (κ3) is 13.4. The molecule has 0 aromatic heterocycles. The van der Waals surface area contributed by atoms with Gasteiger partial charge >= 0.3 is 0 Å². The SMILES string of the molecule is CCC(=O)COCC(=O)CCCOOCCOOC. The van der Waals surface area contributed by atoms with Crippen LogP contribution in [0.25, 0.3) is 0 Å². The third-order valence-electron chi connectivity index (χ3n) is 2.05. The molecule has 0 heterocycles. The average molecular weight is 278 g/mol. The van der Waals surface area contributed by atoms with Gasteiger partial charge in [-0.3, -0.25) is 9.59 Å². The molecule has 0 rings (SSSR count). The molecule has 0 saturated carbocycles. The van der Waals surface area contributed by atoms with Crippen LogP contribution in [0.5, 0.6) is 0 Å². The second kappa shape index (κ2) is 13.6. The summed E-state index contributed by atoms with van der Waals surface area (Å²) in [6.45, 7) is 2.56. The summed E-state index contributed by atoms with van der Waals surface area (Å²) in [5, 5.41) is 0. The highest BCUT2D eigenvalue weighted by Crippen LogP contribution is 1.94. The number of hydrogen-bond acceptors (Lipinski definition) is 7. The van der Waals surface area contributed by atoms with E-state index in [0.717, 1.165) is 0 Å². The Morgan fingerprint density at radius 1 is 0.895 bits per heavy atom. The van der Waals surface area contributed by atoms with Crippen LogP contribution in [-0.2, 0) is 33.9 Å². The van der Waals surface area contributed by atoms with Crippen LogP contribution < -0.4 is 0 Å². The van der Waals surface area contributed by atoms with Gasteiger partial charge in [0.1, 0.15) is 26.4 Å². The van der Waals surface area contributed by atoms with Gasteiger partial charge in [-0.2, -0.15) is 0 Å². The van der Waals surface area contributed by atoms with E-state index in [1.54, 1.807) is 6.92 Å². The fourth-order valence-electron chi connectivity index (χ4n) is 1.05. The maximum atomic E-state index is 11.3. The summed E-state index contributed by atoms with van der Waals surface area (Å²) in [6.07, 6.45) is 1.29. The molecule has 0 aliphatic carbocycles. The Balaban J connectivity index is 3.22. The second-order valence-corrected chi connectivity index (χ2v) is 3.66. The van der Waals surface area contributed by atoms with Gasteiger partial charge in [0.15, 0.2) is 11.6 Å². The lowest BCUT2D eigenvalue weighted by Crippen LogP contribution is -2.14. The summed E-state index contributed by atoms with van der Waals surface area (Å²) in [5.41, 5.74) is 0. The Morgan fingerprint density at radius 2 is 1.53 bits per heavy atom. The fraction of sp³-hybridized carbons (Fsp3) is 0.833. The number of carbonyl (C=O) groups excluding carboxylic acids is 2. The lowest BCUT2D eigenvalue weighted by Gasteiger charge is -2.04. The minimum atomic E-state index is -0.0600. The van der Waals surface area contributed by atoms with Crippen molar-refractivity contribution in [1.29, 1.82) is 0 Å². The quantitative estimate of drug-likeness (QED) is 0.265. The molecule has 0 aromatic rings. The molecule has 112 valence electrons. The zero-order valence-electron chi connectivity index (χ0n) is 11.5. The van der Waals surface area contributed by atoms with Crippen molar-refractivity contribution in [2.75, 3.05) is 40.1 Å². The Labute approximate surface area is 113 Å². The zero-order valence-corrected chi connectivity index (χ0v) is 11.5. The van der Waals surface area contributed by atoms with Crippen molar-refractivity contribution >= 4 is 11.6 Å².